The standard InChI is InChI=1S/C25H35N3O3.C23H34N2O2S.C22H32N2O.H2/c1-3-31-24(30)28-18-8-9-19(28)15-20(14-18)27-12-10-25(11-13-27)16-23(26-17(2)29)21-6-4-5-7-22(21)25;1-24(28(2,26)27)22-15-23(21-6-4-3-5-20(21)22)9-11-25(12-10-23)16-19-14-17-7-8-18(19)13-17;1-16-6-5-7-18(14-16)24-12-10-22(11-13-24)15-21(23-17(2)25)19-8-3-4-9-20(19)22;/h4-7,18-20,23H,3,8-16H2,1-2H3,(H,26,29);3-6,17-19,22H,7-16H2,1-2H3;3-4,8-9,16,18,21H,5-7,10-15H2,1-2H3,(H,23,25);1H/t18?,19?,20?,23-;17-,18?,19+,22-;16-,18?,21+;/m001./s1. The van der Waals surface area contributed by atoms with Crippen molar-refractivity contribution in [1.29, 1.82) is 0 Å². The fraction of sp³-hybridized carbons (Fsp3) is 0.700. The summed E-state index contributed by atoms with van der Waals surface area (Å²) in [6.45, 7) is 16.3. The molecule has 3 spiro atoms. The third-order valence-electron chi connectivity index (χ3n) is 24.0. The van der Waals surface area contributed by atoms with Gasteiger partial charge in [-0.3, -0.25) is 9.59 Å². The Morgan fingerprint density at radius 3 is 1.60 bits per heavy atom. The number of ether oxygens (including phenoxy) is 1. The van der Waals surface area contributed by atoms with Gasteiger partial charge in [-0.15, -0.1) is 0 Å². The van der Waals surface area contributed by atoms with Crippen molar-refractivity contribution < 1.29 is 29.0 Å². The van der Waals surface area contributed by atoms with Crippen LogP contribution < -0.4 is 10.6 Å². The van der Waals surface area contributed by atoms with E-state index < -0.39 is 10.0 Å². The number of carbonyl (C=O) groups excluding carboxylic acids is 3. The van der Waals surface area contributed by atoms with Crippen LogP contribution in [0.4, 0.5) is 4.79 Å². The van der Waals surface area contributed by atoms with E-state index in [4.69, 9.17) is 4.74 Å². The number of rotatable bonds is 9. The summed E-state index contributed by atoms with van der Waals surface area (Å²) in [5.41, 5.74) is 8.89. The van der Waals surface area contributed by atoms with Gasteiger partial charge in [0.15, 0.2) is 0 Å². The third-order valence-corrected chi connectivity index (χ3v) is 25.3. The van der Waals surface area contributed by atoms with E-state index in [1.165, 1.54) is 136 Å². The van der Waals surface area contributed by atoms with Crippen LogP contribution in [0, 0.1) is 23.7 Å². The van der Waals surface area contributed by atoms with Crippen molar-refractivity contribution in [3.63, 3.8) is 0 Å². The van der Waals surface area contributed by atoms with Gasteiger partial charge in [-0.1, -0.05) is 99.0 Å². The first-order valence-electron chi connectivity index (χ1n) is 33.3. The number of nitrogens with zero attached hydrogens (tertiary/aromatic N) is 5. The van der Waals surface area contributed by atoms with Crippen molar-refractivity contribution in [1.82, 2.24) is 34.5 Å². The maximum absolute atomic E-state index is 12.4. The van der Waals surface area contributed by atoms with E-state index in [0.29, 0.717) is 24.7 Å². The molecule has 460 valence electrons. The quantitative estimate of drug-likeness (QED) is 0.215. The molecule has 14 heteroatoms. The highest BCUT2D eigenvalue weighted by molar-refractivity contribution is 7.88. The van der Waals surface area contributed by atoms with E-state index in [0.717, 1.165) is 114 Å². The molecule has 8 fully saturated rings. The number of likely N-dealkylation sites (tertiary alicyclic amines) is 3. The molecule has 84 heavy (non-hydrogen) atoms. The first-order chi connectivity index (χ1) is 40.4. The second-order valence-electron chi connectivity index (χ2n) is 28.9. The molecular formula is C70H103N7O6S. The van der Waals surface area contributed by atoms with Crippen LogP contribution in [0.2, 0.25) is 0 Å². The molecule has 3 aromatic rings. The van der Waals surface area contributed by atoms with Crippen molar-refractivity contribution in [2.24, 2.45) is 23.7 Å². The zero-order valence-electron chi connectivity index (χ0n) is 51.9. The number of carbonyl (C=O) groups is 3. The van der Waals surface area contributed by atoms with E-state index in [1.807, 2.05) is 11.8 Å². The summed E-state index contributed by atoms with van der Waals surface area (Å²) >= 11 is 0. The highest BCUT2D eigenvalue weighted by Crippen LogP contribution is 2.56. The summed E-state index contributed by atoms with van der Waals surface area (Å²) < 4.78 is 31.4. The SMILES string of the molecule is CC(=O)N[C@H]1CC2(CCN(C3CCC[C@@H](C)C3)CC2)c2ccccc21.CCOC(=O)N1C2CCC1CC(N1CCC3(CC1)C[C@H](NC(C)=O)c1ccccc13)C2.CN([C@H]1CC2(CCN(C[C@H]3C[C@H]4CCC3C4)CC2)c2ccccc21)S(C)(=O)=O.[HH]. The van der Waals surface area contributed by atoms with Crippen molar-refractivity contribution in [3.8, 4) is 0 Å². The van der Waals surface area contributed by atoms with E-state index >= 15 is 0 Å². The van der Waals surface area contributed by atoms with Crippen LogP contribution in [0.15, 0.2) is 72.8 Å². The maximum Gasteiger partial charge on any atom is 0.410 e. The Morgan fingerprint density at radius 2 is 1.11 bits per heavy atom. The minimum Gasteiger partial charge on any atom is -0.450 e. The van der Waals surface area contributed by atoms with Crippen molar-refractivity contribution >= 4 is 27.9 Å². The largest absolute Gasteiger partial charge is 0.450 e. The highest BCUT2D eigenvalue weighted by atomic mass is 32.2. The van der Waals surface area contributed by atoms with Crippen LogP contribution in [-0.2, 0) is 40.6 Å². The molecule has 14 rings (SSSR count). The minimum absolute atomic E-state index is 0. The molecule has 4 bridgehead atoms. The number of piperidine rings is 4. The number of fused-ring (bicyclic) bond motifs is 10. The third kappa shape index (κ3) is 12.0. The van der Waals surface area contributed by atoms with E-state index in [-0.39, 0.29) is 53.7 Å². The number of amides is 3. The predicted molar refractivity (Wildman–Crippen MR) is 335 cm³/mol. The molecule has 5 aliphatic heterocycles. The van der Waals surface area contributed by atoms with E-state index in [2.05, 4.69) is 105 Å². The number of nitrogens with one attached hydrogen (secondary N) is 2. The fourth-order valence-electron chi connectivity index (χ4n) is 19.8. The second-order valence-corrected chi connectivity index (χ2v) is 30.9. The van der Waals surface area contributed by atoms with Crippen LogP contribution in [0.25, 0.3) is 0 Å². The second kappa shape index (κ2) is 24.7. The van der Waals surface area contributed by atoms with Gasteiger partial charge in [0.25, 0.3) is 0 Å². The van der Waals surface area contributed by atoms with Gasteiger partial charge < -0.3 is 35.0 Å². The molecule has 3 aromatic carbocycles. The normalized spacial score (nSPS) is 32.5. The number of hydrogen-bond acceptors (Lipinski definition) is 9. The molecule has 10 atom stereocenters. The Morgan fingerprint density at radius 1 is 0.607 bits per heavy atom. The molecule has 4 unspecified atom stereocenters. The maximum atomic E-state index is 12.4. The molecule has 3 amide bonds. The average molecular weight is 1170 g/mol. The summed E-state index contributed by atoms with van der Waals surface area (Å²) in [6.07, 6.45) is 27.3. The first kappa shape index (κ1) is 60.0. The lowest BCUT2D eigenvalue weighted by Crippen LogP contribution is -2.55. The molecule has 2 N–H and O–H groups in total. The monoisotopic (exact) mass is 1170 g/mol. The van der Waals surface area contributed by atoms with Crippen LogP contribution >= 0.6 is 0 Å². The highest BCUT2D eigenvalue weighted by Gasteiger charge is 2.52. The fourth-order valence-corrected chi connectivity index (χ4v) is 20.4. The van der Waals surface area contributed by atoms with Gasteiger partial charge in [-0.25, -0.2) is 13.2 Å². The van der Waals surface area contributed by atoms with Gasteiger partial charge in [-0.05, 0) is 224 Å². The van der Waals surface area contributed by atoms with Gasteiger partial charge in [0, 0.05) is 63.9 Å². The van der Waals surface area contributed by atoms with Gasteiger partial charge >= 0.3 is 6.09 Å². The Bertz CT molecular complexity index is 2940. The summed E-state index contributed by atoms with van der Waals surface area (Å²) in [5.74, 6) is 4.00. The van der Waals surface area contributed by atoms with Crippen molar-refractivity contribution in [3.05, 3.63) is 106 Å². The van der Waals surface area contributed by atoms with Gasteiger partial charge in [0.1, 0.15) is 0 Å². The van der Waals surface area contributed by atoms with Crippen molar-refractivity contribution in [2.75, 3.05) is 65.7 Å². The average Bonchev–Trinajstić information content (AvgIpc) is 1.80. The molecule has 13 nitrogen and oxygen atoms in total. The van der Waals surface area contributed by atoms with Crippen LogP contribution in [-0.4, -0.2) is 140 Å². The molecule has 5 saturated heterocycles. The minimum atomic E-state index is -3.19. The zero-order chi connectivity index (χ0) is 58.5. The topological polar surface area (TPSA) is 135 Å². The van der Waals surface area contributed by atoms with Crippen LogP contribution in [0.5, 0.6) is 0 Å². The van der Waals surface area contributed by atoms with Crippen LogP contribution in [0.3, 0.4) is 0 Å². The first-order valence-corrected chi connectivity index (χ1v) is 35.2. The predicted octanol–water partition coefficient (Wildman–Crippen LogP) is 12.0. The number of sulfonamides is 1. The van der Waals surface area contributed by atoms with Crippen molar-refractivity contribution in [2.45, 2.75) is 221 Å². The molecular weight excluding hydrogens is 1070 g/mol. The molecule has 0 radical (unpaired) electrons. The van der Waals surface area contributed by atoms with Gasteiger partial charge in [0.05, 0.1) is 31.0 Å². The van der Waals surface area contributed by atoms with E-state index in [9.17, 15) is 22.8 Å². The summed E-state index contributed by atoms with van der Waals surface area (Å²) in [4.78, 5) is 46.0. The Hall–Kier alpha value is -4.34. The number of benzene rings is 3. The lowest BCUT2D eigenvalue weighted by molar-refractivity contribution is -0.120. The molecule has 5 heterocycles. The Balaban J connectivity index is 0.000000133. The van der Waals surface area contributed by atoms with Gasteiger partial charge in [0.2, 0.25) is 21.8 Å². The molecule has 3 saturated carbocycles. The van der Waals surface area contributed by atoms with Gasteiger partial charge in [-0.2, -0.15) is 4.31 Å². The lowest BCUT2D eigenvalue weighted by Gasteiger charge is -2.47. The molecule has 11 aliphatic rings. The summed E-state index contributed by atoms with van der Waals surface area (Å²) in [7, 11) is -1.44. The molecule has 6 aliphatic carbocycles. The van der Waals surface area contributed by atoms with E-state index in [1.54, 1.807) is 25.2 Å². The zero-order valence-corrected chi connectivity index (χ0v) is 52.7. The number of hydrogen-bond donors (Lipinski definition) is 2. The lowest BCUT2D eigenvalue weighted by atomic mass is 9.73. The smallest absolute Gasteiger partial charge is 0.410 e. The van der Waals surface area contributed by atoms with Crippen LogP contribution in [0.1, 0.15) is 215 Å². The summed E-state index contributed by atoms with van der Waals surface area (Å²) in [6, 6.07) is 28.5. The Kier molecular flexibility index (Phi) is 17.6. The Labute approximate surface area is 505 Å². The summed E-state index contributed by atoms with van der Waals surface area (Å²) in [5, 5.41) is 6.39. The molecule has 0 aromatic heterocycles.